The van der Waals surface area contributed by atoms with Gasteiger partial charge in [0.05, 0.1) is 5.02 Å². The van der Waals surface area contributed by atoms with Crippen molar-refractivity contribution in [2.45, 2.75) is 20.3 Å². The largest absolute Gasteiger partial charge is 0.294 e. The summed E-state index contributed by atoms with van der Waals surface area (Å²) in [5, 5.41) is 2.59. The lowest BCUT2D eigenvalue weighted by Gasteiger charge is -1.94. The van der Waals surface area contributed by atoms with Crippen LogP contribution in [0.25, 0.3) is 0 Å². The Morgan fingerprint density at radius 2 is 2.31 bits per heavy atom. The Labute approximate surface area is 87.0 Å². The first-order valence-corrected chi connectivity index (χ1v) is 5.25. The maximum Gasteiger partial charge on any atom is 0.160 e. The zero-order valence-corrected chi connectivity index (χ0v) is 9.21. The maximum absolute atomic E-state index is 11.3. The fourth-order valence-electron chi connectivity index (χ4n) is 0.982. The van der Waals surface area contributed by atoms with Gasteiger partial charge in [-0.3, -0.25) is 4.79 Å². The molecule has 0 fully saturated rings. The molecule has 0 radical (unpaired) electrons. The normalized spacial score (nSPS) is 9.77. The Morgan fingerprint density at radius 3 is 2.77 bits per heavy atom. The van der Waals surface area contributed by atoms with E-state index in [0.717, 1.165) is 10.5 Å². The first kappa shape index (κ1) is 10.5. The first-order chi connectivity index (χ1) is 6.09. The highest BCUT2D eigenvalue weighted by Gasteiger charge is 2.05. The second-order valence-electron chi connectivity index (χ2n) is 3.06. The summed E-state index contributed by atoms with van der Waals surface area (Å²) in [6.45, 7) is 3.82. The summed E-state index contributed by atoms with van der Waals surface area (Å²) in [7, 11) is 0. The van der Waals surface area contributed by atoms with Crippen LogP contribution >= 0.6 is 22.9 Å². The van der Waals surface area contributed by atoms with Crippen LogP contribution in [0, 0.1) is 0 Å². The monoisotopic (exact) mass is 214 g/mol. The third-order valence-corrected chi connectivity index (χ3v) is 2.86. The minimum absolute atomic E-state index is 0.115. The summed E-state index contributed by atoms with van der Waals surface area (Å²) >= 11 is 7.38. The molecule has 0 saturated carbocycles. The quantitative estimate of drug-likeness (QED) is 0.705. The minimum atomic E-state index is 0.115. The first-order valence-electron chi connectivity index (χ1n) is 3.99. The van der Waals surface area contributed by atoms with Crippen LogP contribution in [-0.4, -0.2) is 5.78 Å². The van der Waals surface area contributed by atoms with Crippen LogP contribution in [0.2, 0.25) is 5.02 Å². The molecule has 1 heterocycles. The molecule has 0 bridgehead atoms. The van der Waals surface area contributed by atoms with Crippen LogP contribution in [0.5, 0.6) is 0 Å². The van der Waals surface area contributed by atoms with Crippen molar-refractivity contribution in [3.05, 3.63) is 33.0 Å². The molecule has 0 aliphatic rings. The van der Waals surface area contributed by atoms with E-state index >= 15 is 0 Å². The third kappa shape index (κ3) is 3.33. The van der Waals surface area contributed by atoms with E-state index in [-0.39, 0.29) is 5.78 Å². The van der Waals surface area contributed by atoms with E-state index in [4.69, 9.17) is 11.6 Å². The van der Waals surface area contributed by atoms with E-state index in [9.17, 15) is 4.79 Å². The molecule has 0 saturated heterocycles. The van der Waals surface area contributed by atoms with E-state index in [1.54, 1.807) is 6.08 Å². The van der Waals surface area contributed by atoms with Crippen LogP contribution < -0.4 is 0 Å². The average molecular weight is 215 g/mol. The predicted molar refractivity (Wildman–Crippen MR) is 57.5 cm³/mol. The molecule has 0 aliphatic heterocycles. The van der Waals surface area contributed by atoms with Gasteiger partial charge in [-0.2, -0.15) is 0 Å². The Balaban J connectivity index is 2.66. The molecule has 0 unspecified atom stereocenters. The summed E-state index contributed by atoms with van der Waals surface area (Å²) in [4.78, 5) is 12.3. The lowest BCUT2D eigenvalue weighted by Crippen LogP contribution is -1.97. The van der Waals surface area contributed by atoms with E-state index in [1.807, 2.05) is 25.3 Å². The molecular weight excluding hydrogens is 204 g/mol. The summed E-state index contributed by atoms with van der Waals surface area (Å²) in [6, 6.07) is 1.82. The molecule has 0 atom stereocenters. The van der Waals surface area contributed by atoms with Crippen molar-refractivity contribution >= 4 is 28.7 Å². The van der Waals surface area contributed by atoms with Gasteiger partial charge < -0.3 is 0 Å². The fourth-order valence-corrected chi connectivity index (χ4v) is 2.10. The van der Waals surface area contributed by atoms with Gasteiger partial charge in [0.25, 0.3) is 0 Å². The Kier molecular flexibility index (Phi) is 3.70. The second kappa shape index (κ2) is 4.58. The molecule has 0 aliphatic carbocycles. The number of ketones is 1. The summed E-state index contributed by atoms with van der Waals surface area (Å²) < 4.78 is 0. The van der Waals surface area contributed by atoms with E-state index < -0.39 is 0 Å². The lowest BCUT2D eigenvalue weighted by atomic mass is 10.2. The van der Waals surface area contributed by atoms with E-state index in [0.29, 0.717) is 11.4 Å². The van der Waals surface area contributed by atoms with Crippen LogP contribution in [0.3, 0.4) is 0 Å². The Hall–Kier alpha value is -0.600. The van der Waals surface area contributed by atoms with Crippen molar-refractivity contribution in [1.29, 1.82) is 0 Å². The average Bonchev–Trinajstić information content (AvgIpc) is 2.34. The number of hydrogen-bond acceptors (Lipinski definition) is 2. The lowest BCUT2D eigenvalue weighted by molar-refractivity contribution is -0.114. The van der Waals surface area contributed by atoms with Gasteiger partial charge in [-0.05, 0) is 31.4 Å². The van der Waals surface area contributed by atoms with Gasteiger partial charge in [-0.1, -0.05) is 17.2 Å². The highest BCUT2D eigenvalue weighted by Crippen LogP contribution is 2.22. The van der Waals surface area contributed by atoms with E-state index in [1.165, 1.54) is 11.3 Å². The van der Waals surface area contributed by atoms with Crippen LogP contribution in [0.15, 0.2) is 23.1 Å². The van der Waals surface area contributed by atoms with Crippen molar-refractivity contribution in [3.63, 3.8) is 0 Å². The summed E-state index contributed by atoms with van der Waals surface area (Å²) in [5.41, 5.74) is 1.03. The highest BCUT2D eigenvalue weighted by molar-refractivity contribution is 7.10. The third-order valence-electron chi connectivity index (χ3n) is 1.48. The summed E-state index contributed by atoms with van der Waals surface area (Å²) in [6.07, 6.45) is 2.07. The second-order valence-corrected chi connectivity index (χ2v) is 4.46. The van der Waals surface area contributed by atoms with Crippen molar-refractivity contribution in [3.8, 4) is 0 Å². The number of hydrogen-bond donors (Lipinski definition) is 0. The maximum atomic E-state index is 11.3. The molecule has 3 heteroatoms. The van der Waals surface area contributed by atoms with Gasteiger partial charge in [-0.15, -0.1) is 11.3 Å². The zero-order valence-electron chi connectivity index (χ0n) is 7.63. The van der Waals surface area contributed by atoms with Crippen molar-refractivity contribution in [2.75, 3.05) is 0 Å². The molecule has 1 aromatic heterocycles. The van der Waals surface area contributed by atoms with Crippen molar-refractivity contribution < 1.29 is 4.79 Å². The zero-order chi connectivity index (χ0) is 9.84. The van der Waals surface area contributed by atoms with Crippen molar-refractivity contribution in [1.82, 2.24) is 0 Å². The number of carbonyl (C=O) groups excluding carboxylic acids is 1. The summed E-state index contributed by atoms with van der Waals surface area (Å²) in [5.74, 6) is 0.115. The predicted octanol–water partition coefficient (Wildman–Crippen LogP) is 3.48. The van der Waals surface area contributed by atoms with Gasteiger partial charge in [0, 0.05) is 11.3 Å². The molecule has 0 spiro atoms. The standard InChI is InChI=1S/C10H11ClOS/c1-7(2)5-8(12)6-10-9(11)3-4-13-10/h3-5H,6H2,1-2H3. The van der Waals surface area contributed by atoms with Gasteiger partial charge in [0.2, 0.25) is 0 Å². The molecule has 0 amide bonds. The topological polar surface area (TPSA) is 17.1 Å². The molecule has 1 rings (SSSR count). The molecule has 1 nitrogen and oxygen atoms in total. The SMILES string of the molecule is CC(C)=CC(=O)Cc1sccc1Cl. The van der Waals surface area contributed by atoms with E-state index in [2.05, 4.69) is 0 Å². The van der Waals surface area contributed by atoms with Gasteiger partial charge in [0.15, 0.2) is 5.78 Å². The van der Waals surface area contributed by atoms with Crippen LogP contribution in [0.4, 0.5) is 0 Å². The fraction of sp³-hybridized carbons (Fsp3) is 0.300. The highest BCUT2D eigenvalue weighted by atomic mass is 35.5. The Morgan fingerprint density at radius 1 is 1.62 bits per heavy atom. The minimum Gasteiger partial charge on any atom is -0.294 e. The van der Waals surface area contributed by atoms with Crippen molar-refractivity contribution in [2.24, 2.45) is 0 Å². The molecule has 1 aromatic rings. The smallest absolute Gasteiger partial charge is 0.160 e. The molecule has 13 heavy (non-hydrogen) atoms. The number of thiophene rings is 1. The van der Waals surface area contributed by atoms with Gasteiger partial charge >= 0.3 is 0 Å². The number of carbonyl (C=O) groups is 1. The molecule has 0 aromatic carbocycles. The van der Waals surface area contributed by atoms with Gasteiger partial charge in [0.1, 0.15) is 0 Å². The number of halogens is 1. The molecular formula is C10H11ClOS. The Bertz CT molecular complexity index is 334. The molecule has 70 valence electrons. The molecule has 0 N–H and O–H groups in total. The van der Waals surface area contributed by atoms with Crippen LogP contribution in [0.1, 0.15) is 18.7 Å². The number of rotatable bonds is 3. The number of allylic oxidation sites excluding steroid dienone is 2. The van der Waals surface area contributed by atoms with Gasteiger partial charge in [-0.25, -0.2) is 0 Å². The van der Waals surface area contributed by atoms with Crippen LogP contribution in [-0.2, 0) is 11.2 Å².